The van der Waals surface area contributed by atoms with Crippen molar-refractivity contribution >= 4 is 29.9 Å². The van der Waals surface area contributed by atoms with E-state index in [2.05, 4.69) is 10.6 Å². The monoisotopic (exact) mass is 325 g/mol. The van der Waals surface area contributed by atoms with Crippen LogP contribution in [-0.2, 0) is 4.79 Å². The van der Waals surface area contributed by atoms with Gasteiger partial charge < -0.3 is 15.5 Å². The Bertz CT molecular complexity index is 540. The second kappa shape index (κ2) is 7.61. The van der Waals surface area contributed by atoms with E-state index in [1.807, 2.05) is 6.92 Å². The number of nitrogens with one attached hydrogen (secondary N) is 2. The van der Waals surface area contributed by atoms with Gasteiger partial charge in [-0.3, -0.25) is 9.59 Å². The van der Waals surface area contributed by atoms with Crippen LogP contribution in [0.25, 0.3) is 0 Å². The van der Waals surface area contributed by atoms with Gasteiger partial charge in [-0.2, -0.15) is 0 Å². The van der Waals surface area contributed by atoms with Crippen LogP contribution < -0.4 is 10.6 Å². The topological polar surface area (TPSA) is 61.4 Å². The molecule has 1 aromatic carbocycles. The third-order valence-electron chi connectivity index (χ3n) is 3.89. The van der Waals surface area contributed by atoms with Gasteiger partial charge in [0, 0.05) is 25.3 Å². The number of halogens is 1. The summed E-state index contributed by atoms with van der Waals surface area (Å²) in [5, 5.41) is 6.20. The van der Waals surface area contributed by atoms with Gasteiger partial charge in [0.1, 0.15) is 0 Å². The Labute approximate surface area is 137 Å². The van der Waals surface area contributed by atoms with Crippen molar-refractivity contribution in [2.75, 3.05) is 26.0 Å². The van der Waals surface area contributed by atoms with Gasteiger partial charge in [0.15, 0.2) is 0 Å². The maximum absolute atomic E-state index is 12.4. The third kappa shape index (κ3) is 4.21. The lowest BCUT2D eigenvalue weighted by Crippen LogP contribution is -2.54. The van der Waals surface area contributed by atoms with Gasteiger partial charge in [-0.25, -0.2) is 0 Å². The van der Waals surface area contributed by atoms with Gasteiger partial charge in [-0.15, -0.1) is 12.4 Å². The number of rotatable bonds is 3. The third-order valence-corrected chi connectivity index (χ3v) is 3.89. The minimum absolute atomic E-state index is 0. The lowest BCUT2D eigenvalue weighted by molar-refractivity contribution is -0.122. The molecule has 0 radical (unpaired) electrons. The Morgan fingerprint density at radius 2 is 2.00 bits per heavy atom. The van der Waals surface area contributed by atoms with E-state index >= 15 is 0 Å². The van der Waals surface area contributed by atoms with Crippen LogP contribution in [0.4, 0.5) is 5.69 Å². The Morgan fingerprint density at radius 1 is 1.27 bits per heavy atom. The molecule has 5 nitrogen and oxygen atoms in total. The Balaban J connectivity index is 0.00000242. The van der Waals surface area contributed by atoms with Crippen LogP contribution in [0.15, 0.2) is 24.3 Å². The predicted molar refractivity (Wildman–Crippen MR) is 90.6 cm³/mol. The zero-order valence-electron chi connectivity index (χ0n) is 13.3. The second-order valence-corrected chi connectivity index (χ2v) is 5.95. The van der Waals surface area contributed by atoms with Crippen molar-refractivity contribution in [3.8, 4) is 0 Å². The van der Waals surface area contributed by atoms with Gasteiger partial charge in [0.25, 0.3) is 5.91 Å². The average Bonchev–Trinajstić information content (AvgIpc) is 2.47. The van der Waals surface area contributed by atoms with E-state index in [-0.39, 0.29) is 24.2 Å². The van der Waals surface area contributed by atoms with E-state index in [0.29, 0.717) is 11.3 Å². The first-order valence-electron chi connectivity index (χ1n) is 7.30. The number of benzene rings is 1. The summed E-state index contributed by atoms with van der Waals surface area (Å²) >= 11 is 0. The molecule has 1 atom stereocenters. The molecule has 1 aliphatic rings. The summed E-state index contributed by atoms with van der Waals surface area (Å²) in [6.07, 6.45) is 2.99. The number of anilines is 1. The van der Waals surface area contributed by atoms with E-state index < -0.39 is 5.54 Å². The first kappa shape index (κ1) is 18.5. The molecule has 0 spiro atoms. The molecule has 2 rings (SSSR count). The van der Waals surface area contributed by atoms with Gasteiger partial charge in [-0.05, 0) is 50.9 Å². The maximum Gasteiger partial charge on any atom is 0.253 e. The largest absolute Gasteiger partial charge is 0.345 e. The zero-order valence-corrected chi connectivity index (χ0v) is 14.1. The zero-order chi connectivity index (χ0) is 15.5. The standard InChI is InChI=1S/C16H23N3O2.ClH/c1-16(9-4-5-10-17-16)15(21)18-13-8-6-7-12(11-13)14(20)19(2)3;/h6-8,11,17H,4-5,9-10H2,1-3H3,(H,18,21);1H. The number of carbonyl (C=O) groups excluding carboxylic acids is 2. The Morgan fingerprint density at radius 3 is 2.59 bits per heavy atom. The minimum Gasteiger partial charge on any atom is -0.345 e. The molecule has 0 aliphatic carbocycles. The number of hydrogen-bond acceptors (Lipinski definition) is 3. The molecule has 1 aliphatic heterocycles. The maximum atomic E-state index is 12.4. The molecule has 122 valence electrons. The number of piperidine rings is 1. The van der Waals surface area contributed by atoms with Crippen molar-refractivity contribution in [3.63, 3.8) is 0 Å². The van der Waals surface area contributed by atoms with Gasteiger partial charge in [0.05, 0.1) is 5.54 Å². The molecule has 1 saturated heterocycles. The first-order valence-corrected chi connectivity index (χ1v) is 7.30. The van der Waals surface area contributed by atoms with Crippen molar-refractivity contribution in [1.82, 2.24) is 10.2 Å². The Kier molecular flexibility index (Phi) is 6.38. The van der Waals surface area contributed by atoms with E-state index in [4.69, 9.17) is 0 Å². The molecule has 1 fully saturated rings. The van der Waals surface area contributed by atoms with Gasteiger partial charge in [-0.1, -0.05) is 6.07 Å². The molecule has 2 N–H and O–H groups in total. The summed E-state index contributed by atoms with van der Waals surface area (Å²) in [5.74, 6) is -0.121. The van der Waals surface area contributed by atoms with Crippen LogP contribution in [0.1, 0.15) is 36.5 Å². The molecule has 2 amide bonds. The quantitative estimate of drug-likeness (QED) is 0.896. The molecule has 22 heavy (non-hydrogen) atoms. The van der Waals surface area contributed by atoms with Crippen LogP contribution >= 0.6 is 12.4 Å². The van der Waals surface area contributed by atoms with Gasteiger partial charge in [0.2, 0.25) is 5.91 Å². The predicted octanol–water partition coefficient (Wildman–Crippen LogP) is 2.28. The van der Waals surface area contributed by atoms with E-state index in [9.17, 15) is 9.59 Å². The Hall–Kier alpha value is -1.59. The molecule has 1 aromatic rings. The molecule has 0 saturated carbocycles. The highest BCUT2D eigenvalue weighted by Gasteiger charge is 2.34. The fraction of sp³-hybridized carbons (Fsp3) is 0.500. The van der Waals surface area contributed by atoms with Crippen molar-refractivity contribution in [2.24, 2.45) is 0 Å². The summed E-state index contributed by atoms with van der Waals surface area (Å²) in [4.78, 5) is 25.9. The van der Waals surface area contributed by atoms with E-state index in [1.165, 1.54) is 4.90 Å². The van der Waals surface area contributed by atoms with Crippen LogP contribution in [-0.4, -0.2) is 42.9 Å². The van der Waals surface area contributed by atoms with Crippen molar-refractivity contribution in [3.05, 3.63) is 29.8 Å². The highest BCUT2D eigenvalue weighted by Crippen LogP contribution is 2.21. The molecular formula is C16H24ClN3O2. The SMILES string of the molecule is CN(C)C(=O)c1cccc(NC(=O)C2(C)CCCCN2)c1.Cl. The highest BCUT2D eigenvalue weighted by atomic mass is 35.5. The second-order valence-electron chi connectivity index (χ2n) is 5.95. The minimum atomic E-state index is -0.528. The van der Waals surface area contributed by atoms with E-state index in [1.54, 1.807) is 38.4 Å². The smallest absolute Gasteiger partial charge is 0.253 e. The average molecular weight is 326 g/mol. The number of hydrogen-bond donors (Lipinski definition) is 2. The van der Waals surface area contributed by atoms with Crippen LogP contribution in [0.5, 0.6) is 0 Å². The molecular weight excluding hydrogens is 302 g/mol. The van der Waals surface area contributed by atoms with Crippen LogP contribution in [0.2, 0.25) is 0 Å². The van der Waals surface area contributed by atoms with Crippen LogP contribution in [0.3, 0.4) is 0 Å². The van der Waals surface area contributed by atoms with Crippen molar-refractivity contribution in [1.29, 1.82) is 0 Å². The highest BCUT2D eigenvalue weighted by molar-refractivity contribution is 6.00. The molecule has 1 unspecified atom stereocenters. The summed E-state index contributed by atoms with van der Waals surface area (Å²) in [7, 11) is 3.42. The van der Waals surface area contributed by atoms with Crippen molar-refractivity contribution < 1.29 is 9.59 Å². The van der Waals surface area contributed by atoms with Crippen molar-refractivity contribution in [2.45, 2.75) is 31.7 Å². The lowest BCUT2D eigenvalue weighted by Gasteiger charge is -2.33. The summed E-state index contributed by atoms with van der Waals surface area (Å²) in [6.45, 7) is 2.79. The molecule has 6 heteroatoms. The first-order chi connectivity index (χ1) is 9.92. The normalized spacial score (nSPS) is 20.7. The summed E-state index contributed by atoms with van der Waals surface area (Å²) in [5.41, 5.74) is 0.695. The fourth-order valence-electron chi connectivity index (χ4n) is 2.51. The van der Waals surface area contributed by atoms with Crippen LogP contribution in [0, 0.1) is 0 Å². The number of amides is 2. The van der Waals surface area contributed by atoms with E-state index in [0.717, 1.165) is 25.8 Å². The molecule has 1 heterocycles. The molecule has 0 aromatic heterocycles. The number of nitrogens with zero attached hydrogens (tertiary/aromatic N) is 1. The molecule has 0 bridgehead atoms. The number of carbonyl (C=O) groups is 2. The summed E-state index contributed by atoms with van der Waals surface area (Å²) in [6, 6.07) is 7.05. The van der Waals surface area contributed by atoms with Gasteiger partial charge >= 0.3 is 0 Å². The fourth-order valence-corrected chi connectivity index (χ4v) is 2.51. The lowest BCUT2D eigenvalue weighted by atomic mass is 9.90. The summed E-state index contributed by atoms with van der Waals surface area (Å²) < 4.78 is 0.